The maximum atomic E-state index is 14.3. The second-order valence-electron chi connectivity index (χ2n) is 10.7. The van der Waals surface area contributed by atoms with E-state index in [1.807, 2.05) is 0 Å². The molecular formula is C31H30N2O12. The predicted molar refractivity (Wildman–Crippen MR) is 153 cm³/mol. The first-order chi connectivity index (χ1) is 21.3. The van der Waals surface area contributed by atoms with Crippen molar-refractivity contribution in [3.05, 3.63) is 58.7 Å². The first-order valence-electron chi connectivity index (χ1n) is 13.7. The molecule has 2 aliphatic heterocycles. The molecule has 2 aromatic rings. The van der Waals surface area contributed by atoms with Gasteiger partial charge >= 0.3 is 23.9 Å². The number of imide groups is 2. The van der Waals surface area contributed by atoms with Gasteiger partial charge in [0.2, 0.25) is 23.6 Å². The van der Waals surface area contributed by atoms with Gasteiger partial charge in [0.25, 0.3) is 0 Å². The molecule has 2 heterocycles. The van der Waals surface area contributed by atoms with Crippen LogP contribution in [0.2, 0.25) is 0 Å². The summed E-state index contributed by atoms with van der Waals surface area (Å²) in [6.45, 7) is 3.04. The number of methoxy groups -OCH3 is 4. The molecule has 14 heteroatoms. The van der Waals surface area contributed by atoms with E-state index in [-0.39, 0.29) is 46.5 Å². The summed E-state index contributed by atoms with van der Waals surface area (Å²) < 4.78 is 19.0. The Morgan fingerprint density at radius 2 is 0.889 bits per heavy atom. The van der Waals surface area contributed by atoms with Gasteiger partial charge in [0, 0.05) is 11.8 Å². The lowest BCUT2D eigenvalue weighted by atomic mass is 9.66. The van der Waals surface area contributed by atoms with Crippen LogP contribution in [-0.4, -0.2) is 75.9 Å². The van der Waals surface area contributed by atoms with Gasteiger partial charge in [0.1, 0.15) is 5.41 Å². The lowest BCUT2D eigenvalue weighted by Gasteiger charge is -2.47. The Morgan fingerprint density at radius 1 is 0.578 bits per heavy atom. The number of hydrogen-bond acceptors (Lipinski definition) is 12. The number of anilines is 2. The monoisotopic (exact) mass is 622 g/mol. The zero-order valence-corrected chi connectivity index (χ0v) is 25.3. The first kappa shape index (κ1) is 32.5. The molecule has 2 unspecified atom stereocenters. The zero-order chi connectivity index (χ0) is 33.4. The molecule has 2 saturated heterocycles. The van der Waals surface area contributed by atoms with E-state index in [9.17, 15) is 38.4 Å². The van der Waals surface area contributed by atoms with Crippen LogP contribution >= 0.6 is 0 Å². The minimum atomic E-state index is -1.92. The number of hydrogen-bond donors (Lipinski definition) is 0. The minimum absolute atomic E-state index is 0.108. The average molecular weight is 623 g/mol. The molecule has 45 heavy (non-hydrogen) atoms. The van der Waals surface area contributed by atoms with Crippen LogP contribution < -0.4 is 9.80 Å². The molecule has 1 spiro atoms. The lowest BCUT2D eigenvalue weighted by molar-refractivity contribution is -0.153. The Bertz CT molecular complexity index is 1540. The molecule has 0 aromatic heterocycles. The Balaban J connectivity index is 1.86. The largest absolute Gasteiger partial charge is 0.465 e. The van der Waals surface area contributed by atoms with Gasteiger partial charge < -0.3 is 18.9 Å². The van der Waals surface area contributed by atoms with Crippen molar-refractivity contribution in [2.75, 3.05) is 38.2 Å². The number of rotatable bonds is 6. The van der Waals surface area contributed by atoms with E-state index in [2.05, 4.69) is 0 Å². The lowest BCUT2D eigenvalue weighted by Crippen LogP contribution is -2.65. The van der Waals surface area contributed by atoms with Crippen LogP contribution in [0.5, 0.6) is 0 Å². The maximum Gasteiger partial charge on any atom is 0.338 e. The van der Waals surface area contributed by atoms with Crippen LogP contribution in [0, 0.1) is 17.3 Å². The summed E-state index contributed by atoms with van der Waals surface area (Å²) in [6.07, 6.45) is -0.468. The van der Waals surface area contributed by atoms with Gasteiger partial charge in [-0.05, 0) is 49.2 Å². The van der Waals surface area contributed by atoms with E-state index in [1.54, 1.807) is 0 Å². The number of carbonyl (C=O) groups excluding carboxylic acids is 8. The molecule has 4 rings (SSSR count). The average Bonchev–Trinajstić information content (AvgIpc) is 3.04. The number of benzene rings is 2. The van der Waals surface area contributed by atoms with Crippen molar-refractivity contribution >= 4 is 58.9 Å². The Kier molecular flexibility index (Phi) is 8.89. The van der Waals surface area contributed by atoms with E-state index in [0.29, 0.717) is 0 Å². The molecule has 2 aromatic carbocycles. The zero-order valence-electron chi connectivity index (χ0n) is 25.3. The number of nitrogens with zero attached hydrogens (tertiary/aromatic N) is 2. The summed E-state index contributed by atoms with van der Waals surface area (Å²) in [5.41, 5.74) is -3.05. The highest BCUT2D eigenvalue weighted by Gasteiger charge is 2.61. The predicted octanol–water partition coefficient (Wildman–Crippen LogP) is 2.32. The first-order valence-corrected chi connectivity index (χ1v) is 13.7. The summed E-state index contributed by atoms with van der Waals surface area (Å²) in [7, 11) is 4.39. The topological polar surface area (TPSA) is 180 Å². The van der Waals surface area contributed by atoms with Crippen LogP contribution in [0.3, 0.4) is 0 Å². The fraction of sp³-hybridized carbons (Fsp3) is 0.355. The van der Waals surface area contributed by atoms with Gasteiger partial charge in [-0.15, -0.1) is 0 Å². The molecule has 2 aliphatic rings. The quantitative estimate of drug-likeness (QED) is 0.199. The maximum absolute atomic E-state index is 14.3. The van der Waals surface area contributed by atoms with Crippen molar-refractivity contribution in [3.63, 3.8) is 0 Å². The summed E-state index contributed by atoms with van der Waals surface area (Å²) in [5.74, 6) is -8.64. The molecule has 2 fully saturated rings. The fourth-order valence-electron chi connectivity index (χ4n) is 5.78. The standard InChI is InChI=1S/C31H30N2O12/c1-15-13-31(29(40)32(23(15)34)17-7-9-19(25(36)42-3)21(11-17)27(38)44-5)14-16(2)24(35)33(30(31)41)18-8-10-20(26(37)43-4)22(12-18)28(39)45-6/h7-12,15-16H,13-14H2,1-6H3. The van der Waals surface area contributed by atoms with Gasteiger partial charge in [-0.1, -0.05) is 13.8 Å². The molecule has 0 radical (unpaired) electrons. The second kappa shape index (κ2) is 12.3. The molecule has 0 N–H and O–H groups in total. The SMILES string of the molecule is COC(=O)c1ccc(N2C(=O)C(C)CC3(CC(C)C(=O)N(c4ccc(C(=O)OC)c(C(=O)OC)c4)C3=O)C2=O)cc1C(=O)OC. The normalized spacial score (nSPS) is 21.5. The highest BCUT2D eigenvalue weighted by Crippen LogP contribution is 2.47. The Hall–Kier alpha value is -5.40. The van der Waals surface area contributed by atoms with Crippen molar-refractivity contribution in [1.29, 1.82) is 0 Å². The van der Waals surface area contributed by atoms with Crippen LogP contribution in [0.4, 0.5) is 11.4 Å². The van der Waals surface area contributed by atoms with Crippen molar-refractivity contribution in [3.8, 4) is 0 Å². The molecule has 0 bridgehead atoms. The highest BCUT2D eigenvalue weighted by atomic mass is 16.5. The van der Waals surface area contributed by atoms with Crippen molar-refractivity contribution in [2.24, 2.45) is 17.3 Å². The van der Waals surface area contributed by atoms with E-state index in [4.69, 9.17) is 18.9 Å². The molecule has 4 amide bonds. The Labute approximate surface area is 257 Å². The van der Waals surface area contributed by atoms with Crippen molar-refractivity contribution in [2.45, 2.75) is 26.7 Å². The van der Waals surface area contributed by atoms with E-state index in [1.165, 1.54) is 38.1 Å². The van der Waals surface area contributed by atoms with Gasteiger partial charge in [-0.3, -0.25) is 19.2 Å². The molecule has 0 aliphatic carbocycles. The van der Waals surface area contributed by atoms with Crippen molar-refractivity contribution in [1.82, 2.24) is 0 Å². The van der Waals surface area contributed by atoms with Gasteiger partial charge in [-0.25, -0.2) is 29.0 Å². The molecule has 2 atom stereocenters. The van der Waals surface area contributed by atoms with Gasteiger partial charge in [0.15, 0.2) is 0 Å². The van der Waals surface area contributed by atoms with Crippen LogP contribution in [0.1, 0.15) is 68.1 Å². The van der Waals surface area contributed by atoms with E-state index >= 15 is 0 Å². The molecule has 0 saturated carbocycles. The van der Waals surface area contributed by atoms with Crippen LogP contribution in [0.25, 0.3) is 0 Å². The summed E-state index contributed by atoms with van der Waals surface area (Å²) >= 11 is 0. The highest BCUT2D eigenvalue weighted by molar-refractivity contribution is 6.32. The smallest absolute Gasteiger partial charge is 0.338 e. The number of piperidine rings is 2. The summed E-state index contributed by atoms with van der Waals surface area (Å²) in [6, 6.07) is 7.14. The third kappa shape index (κ3) is 5.32. The number of carbonyl (C=O) groups is 8. The second-order valence-corrected chi connectivity index (χ2v) is 10.7. The molecule has 14 nitrogen and oxygen atoms in total. The van der Waals surface area contributed by atoms with Crippen LogP contribution in [0.15, 0.2) is 36.4 Å². The number of ether oxygens (including phenoxy) is 4. The van der Waals surface area contributed by atoms with Gasteiger partial charge in [-0.2, -0.15) is 0 Å². The number of esters is 4. The van der Waals surface area contributed by atoms with Gasteiger partial charge in [0.05, 0.1) is 62.1 Å². The molecule has 236 valence electrons. The third-order valence-electron chi connectivity index (χ3n) is 7.96. The van der Waals surface area contributed by atoms with E-state index in [0.717, 1.165) is 50.4 Å². The van der Waals surface area contributed by atoms with Crippen LogP contribution in [-0.2, 0) is 38.1 Å². The fourth-order valence-corrected chi connectivity index (χ4v) is 5.78. The molecular weight excluding hydrogens is 592 g/mol. The minimum Gasteiger partial charge on any atom is -0.465 e. The number of amides is 4. The Morgan fingerprint density at radius 3 is 1.20 bits per heavy atom. The third-order valence-corrected chi connectivity index (χ3v) is 7.96. The summed E-state index contributed by atoms with van der Waals surface area (Å²) in [4.78, 5) is 107. The van der Waals surface area contributed by atoms with E-state index < -0.39 is 64.8 Å². The summed E-state index contributed by atoms with van der Waals surface area (Å²) in [5, 5.41) is 0. The van der Waals surface area contributed by atoms with Crippen molar-refractivity contribution < 1.29 is 57.3 Å².